The fraction of sp³-hybridized carbons (Fsp3) is 0. The van der Waals surface area contributed by atoms with Crippen molar-refractivity contribution in [1.82, 2.24) is 0 Å². The Morgan fingerprint density at radius 3 is 2.06 bits per heavy atom. The van der Waals surface area contributed by atoms with Crippen molar-refractivity contribution in [2.75, 3.05) is 0 Å². The number of benzene rings is 2. The van der Waals surface area contributed by atoms with E-state index in [-0.39, 0.29) is 10.6 Å². The van der Waals surface area contributed by atoms with E-state index in [1.807, 2.05) is 0 Å². The van der Waals surface area contributed by atoms with Crippen molar-refractivity contribution >= 4 is 19.7 Å². The van der Waals surface area contributed by atoms with Crippen LogP contribution in [0.5, 0.6) is 5.75 Å². The van der Waals surface area contributed by atoms with E-state index in [1.54, 1.807) is 36.4 Å². The summed E-state index contributed by atoms with van der Waals surface area (Å²) in [6.45, 7) is 0. The Hall–Kier alpha value is -1.52. The van der Waals surface area contributed by atoms with E-state index < -0.39 is 9.05 Å². The molecule has 3 nitrogen and oxygen atoms in total. The third-order valence-electron chi connectivity index (χ3n) is 2.35. The average Bonchev–Trinajstić information content (AvgIpc) is 2.29. The second-order valence-corrected chi connectivity index (χ2v) is 6.05. The molecule has 1 N–H and O–H groups in total. The van der Waals surface area contributed by atoms with Gasteiger partial charge >= 0.3 is 0 Å². The molecular formula is C12H9ClO3S. The van der Waals surface area contributed by atoms with Crippen LogP contribution in [0, 0.1) is 0 Å². The number of rotatable bonds is 2. The van der Waals surface area contributed by atoms with Crippen molar-refractivity contribution in [2.45, 2.75) is 4.90 Å². The Bertz CT molecular complexity index is 633. The molecule has 0 unspecified atom stereocenters. The van der Waals surface area contributed by atoms with Crippen molar-refractivity contribution in [2.24, 2.45) is 0 Å². The van der Waals surface area contributed by atoms with Crippen LogP contribution >= 0.6 is 10.7 Å². The van der Waals surface area contributed by atoms with E-state index >= 15 is 0 Å². The normalized spacial score (nSPS) is 11.4. The van der Waals surface area contributed by atoms with Gasteiger partial charge in [-0.15, -0.1) is 0 Å². The van der Waals surface area contributed by atoms with Gasteiger partial charge < -0.3 is 5.11 Å². The fourth-order valence-electron chi connectivity index (χ4n) is 1.51. The number of hydrogen-bond donors (Lipinski definition) is 1. The standard InChI is InChI=1S/C12H9ClO3S/c13-17(15,16)10-7-5-9(6-8-10)11-3-1-2-4-12(11)14/h1-8,14H. The Labute approximate surface area is 104 Å². The third kappa shape index (κ3) is 2.60. The number of para-hydroxylation sites is 1. The first-order valence-corrected chi connectivity index (χ1v) is 7.12. The van der Waals surface area contributed by atoms with Crippen LogP contribution in [-0.2, 0) is 9.05 Å². The van der Waals surface area contributed by atoms with E-state index in [0.717, 1.165) is 5.56 Å². The van der Waals surface area contributed by atoms with Gasteiger partial charge in [-0.1, -0.05) is 30.3 Å². The predicted octanol–water partition coefficient (Wildman–Crippen LogP) is 2.99. The molecule has 0 atom stereocenters. The monoisotopic (exact) mass is 268 g/mol. The van der Waals surface area contributed by atoms with Gasteiger partial charge in [-0.25, -0.2) is 8.42 Å². The van der Waals surface area contributed by atoms with Crippen molar-refractivity contribution in [3.63, 3.8) is 0 Å². The van der Waals surface area contributed by atoms with Crippen molar-refractivity contribution in [3.05, 3.63) is 48.5 Å². The summed E-state index contributed by atoms with van der Waals surface area (Å²) >= 11 is 0. The molecule has 0 aromatic heterocycles. The predicted molar refractivity (Wildman–Crippen MR) is 66.6 cm³/mol. The highest BCUT2D eigenvalue weighted by atomic mass is 35.7. The minimum Gasteiger partial charge on any atom is -0.507 e. The van der Waals surface area contributed by atoms with E-state index in [2.05, 4.69) is 0 Å². The first kappa shape index (κ1) is 12.0. The third-order valence-corrected chi connectivity index (χ3v) is 3.72. The van der Waals surface area contributed by atoms with E-state index in [9.17, 15) is 13.5 Å². The van der Waals surface area contributed by atoms with Gasteiger partial charge in [-0.3, -0.25) is 0 Å². The molecule has 2 aromatic carbocycles. The largest absolute Gasteiger partial charge is 0.507 e. The molecule has 5 heteroatoms. The molecule has 0 amide bonds. The second kappa shape index (κ2) is 4.39. The summed E-state index contributed by atoms with van der Waals surface area (Å²) < 4.78 is 22.1. The molecule has 17 heavy (non-hydrogen) atoms. The molecular weight excluding hydrogens is 260 g/mol. The first-order valence-electron chi connectivity index (χ1n) is 4.81. The van der Waals surface area contributed by atoms with Crippen LogP contribution in [0.25, 0.3) is 11.1 Å². The van der Waals surface area contributed by atoms with Gasteiger partial charge in [0.15, 0.2) is 0 Å². The lowest BCUT2D eigenvalue weighted by Gasteiger charge is -2.04. The number of halogens is 1. The van der Waals surface area contributed by atoms with Crippen molar-refractivity contribution < 1.29 is 13.5 Å². The van der Waals surface area contributed by atoms with Gasteiger partial charge in [0.25, 0.3) is 9.05 Å². The van der Waals surface area contributed by atoms with Crippen LogP contribution in [0.4, 0.5) is 0 Å². The average molecular weight is 269 g/mol. The van der Waals surface area contributed by atoms with Gasteiger partial charge in [0.2, 0.25) is 0 Å². The van der Waals surface area contributed by atoms with Gasteiger partial charge in [-0.05, 0) is 23.8 Å². The molecule has 0 heterocycles. The zero-order valence-electron chi connectivity index (χ0n) is 8.67. The SMILES string of the molecule is O=S(=O)(Cl)c1ccc(-c2ccccc2O)cc1. The molecule has 0 fully saturated rings. The van der Waals surface area contributed by atoms with Crippen LogP contribution in [0.15, 0.2) is 53.4 Å². The molecule has 0 saturated carbocycles. The molecule has 88 valence electrons. The summed E-state index contributed by atoms with van der Waals surface area (Å²) in [6.07, 6.45) is 0. The van der Waals surface area contributed by atoms with Gasteiger partial charge in [0.1, 0.15) is 5.75 Å². The maximum atomic E-state index is 11.1. The number of phenols is 1. The van der Waals surface area contributed by atoms with E-state index in [4.69, 9.17) is 10.7 Å². The van der Waals surface area contributed by atoms with Gasteiger partial charge in [-0.2, -0.15) is 0 Å². The molecule has 0 aliphatic rings. The topological polar surface area (TPSA) is 54.4 Å². The molecule has 0 bridgehead atoms. The minimum atomic E-state index is -3.70. The number of aromatic hydroxyl groups is 1. The second-order valence-electron chi connectivity index (χ2n) is 3.48. The first-order chi connectivity index (χ1) is 7.98. The van der Waals surface area contributed by atoms with Crippen molar-refractivity contribution in [3.8, 4) is 16.9 Å². The summed E-state index contributed by atoms with van der Waals surface area (Å²) in [5.41, 5.74) is 1.37. The van der Waals surface area contributed by atoms with Crippen LogP contribution in [0.1, 0.15) is 0 Å². The quantitative estimate of drug-likeness (QED) is 0.852. The lowest BCUT2D eigenvalue weighted by Crippen LogP contribution is -1.89. The molecule has 2 aromatic rings. The van der Waals surface area contributed by atoms with E-state index in [0.29, 0.717) is 5.56 Å². The molecule has 0 radical (unpaired) electrons. The highest BCUT2D eigenvalue weighted by Crippen LogP contribution is 2.29. The van der Waals surface area contributed by atoms with Gasteiger partial charge in [0.05, 0.1) is 4.90 Å². The Morgan fingerprint density at radius 1 is 0.941 bits per heavy atom. The van der Waals surface area contributed by atoms with Crippen LogP contribution in [-0.4, -0.2) is 13.5 Å². The Balaban J connectivity index is 2.47. The lowest BCUT2D eigenvalue weighted by atomic mass is 10.1. The molecule has 0 aliphatic carbocycles. The fourth-order valence-corrected chi connectivity index (χ4v) is 2.28. The van der Waals surface area contributed by atoms with E-state index in [1.165, 1.54) is 12.1 Å². The summed E-state index contributed by atoms with van der Waals surface area (Å²) in [4.78, 5) is 0.0401. The molecule has 0 aliphatic heterocycles. The molecule has 0 spiro atoms. The minimum absolute atomic E-state index is 0.0401. The highest BCUT2D eigenvalue weighted by Gasteiger charge is 2.10. The Morgan fingerprint density at radius 2 is 1.53 bits per heavy atom. The number of hydrogen-bond acceptors (Lipinski definition) is 3. The van der Waals surface area contributed by atoms with Crippen LogP contribution in [0.2, 0.25) is 0 Å². The molecule has 2 rings (SSSR count). The maximum Gasteiger partial charge on any atom is 0.261 e. The van der Waals surface area contributed by atoms with Gasteiger partial charge in [0, 0.05) is 16.2 Å². The summed E-state index contributed by atoms with van der Waals surface area (Å²) in [5, 5.41) is 9.65. The molecule has 0 saturated heterocycles. The lowest BCUT2D eigenvalue weighted by molar-refractivity contribution is 0.477. The summed E-state index contributed by atoms with van der Waals surface area (Å²) in [6, 6.07) is 12.8. The Kier molecular flexibility index (Phi) is 3.09. The zero-order valence-corrected chi connectivity index (χ0v) is 10.2. The maximum absolute atomic E-state index is 11.1. The van der Waals surface area contributed by atoms with Crippen LogP contribution in [0.3, 0.4) is 0 Å². The van der Waals surface area contributed by atoms with Crippen molar-refractivity contribution in [1.29, 1.82) is 0 Å². The highest BCUT2D eigenvalue weighted by molar-refractivity contribution is 8.13. The summed E-state index contributed by atoms with van der Waals surface area (Å²) in [5.74, 6) is 0.147. The number of phenolic OH excluding ortho intramolecular Hbond substituents is 1. The zero-order chi connectivity index (χ0) is 12.5. The smallest absolute Gasteiger partial charge is 0.261 e. The van der Waals surface area contributed by atoms with Crippen LogP contribution < -0.4 is 0 Å². The summed E-state index contributed by atoms with van der Waals surface area (Å²) in [7, 11) is 1.51.